The van der Waals surface area contributed by atoms with Crippen LogP contribution in [0.25, 0.3) is 11.3 Å². The van der Waals surface area contributed by atoms with Crippen LogP contribution in [0.15, 0.2) is 54.7 Å². The predicted molar refractivity (Wildman–Crippen MR) is 101 cm³/mol. The number of hydrogen-bond acceptors (Lipinski definition) is 4. The molecule has 6 nitrogen and oxygen atoms in total. The molecule has 136 valence electrons. The number of aryl methyl sites for hydroxylation is 1. The molecular formula is C21H19N3O3. The van der Waals surface area contributed by atoms with E-state index >= 15 is 0 Å². The Kier molecular flexibility index (Phi) is 3.81. The first-order valence-corrected chi connectivity index (χ1v) is 9.12. The molecular weight excluding hydrogens is 342 g/mol. The van der Waals surface area contributed by atoms with E-state index in [0.29, 0.717) is 11.5 Å². The molecule has 1 N–H and O–H groups in total. The Balaban J connectivity index is 1.33. The van der Waals surface area contributed by atoms with Crippen molar-refractivity contribution in [3.8, 4) is 22.8 Å². The summed E-state index contributed by atoms with van der Waals surface area (Å²) in [6.45, 7) is 1.19. The summed E-state index contributed by atoms with van der Waals surface area (Å²) in [6.07, 6.45) is 3.39. The maximum Gasteiger partial charge on any atom is 0.269 e. The molecule has 3 aromatic rings. The minimum Gasteiger partial charge on any atom is -0.485 e. The van der Waals surface area contributed by atoms with Gasteiger partial charge >= 0.3 is 0 Å². The van der Waals surface area contributed by atoms with Crippen LogP contribution in [0.3, 0.4) is 0 Å². The molecule has 0 fully saturated rings. The highest BCUT2D eigenvalue weighted by atomic mass is 16.6. The van der Waals surface area contributed by atoms with Crippen LogP contribution in [0.2, 0.25) is 0 Å². The predicted octanol–water partition coefficient (Wildman–Crippen LogP) is 3.27. The van der Waals surface area contributed by atoms with Gasteiger partial charge in [0.25, 0.3) is 5.91 Å². The van der Waals surface area contributed by atoms with Crippen molar-refractivity contribution in [3.05, 3.63) is 60.6 Å². The Bertz CT molecular complexity index is 1010. The quantitative estimate of drug-likeness (QED) is 0.778. The molecule has 3 heterocycles. The Hall–Kier alpha value is -3.28. The number of nitrogens with one attached hydrogen (secondary N) is 1. The molecule has 0 aliphatic carbocycles. The van der Waals surface area contributed by atoms with E-state index in [2.05, 4.69) is 14.9 Å². The summed E-state index contributed by atoms with van der Waals surface area (Å²) in [4.78, 5) is 17.1. The largest absolute Gasteiger partial charge is 0.485 e. The van der Waals surface area contributed by atoms with Gasteiger partial charge < -0.3 is 19.4 Å². The normalized spacial score (nSPS) is 17.4. The second-order valence-electron chi connectivity index (χ2n) is 6.75. The van der Waals surface area contributed by atoms with Gasteiger partial charge in [0.1, 0.15) is 12.4 Å². The van der Waals surface area contributed by atoms with Gasteiger partial charge in [-0.2, -0.15) is 0 Å². The van der Waals surface area contributed by atoms with Gasteiger partial charge in [0, 0.05) is 24.2 Å². The maximum absolute atomic E-state index is 12.6. The van der Waals surface area contributed by atoms with Crippen molar-refractivity contribution < 1.29 is 14.3 Å². The molecule has 2 aromatic carbocycles. The van der Waals surface area contributed by atoms with Crippen molar-refractivity contribution in [2.75, 3.05) is 11.9 Å². The van der Waals surface area contributed by atoms with Crippen LogP contribution >= 0.6 is 0 Å². The highest BCUT2D eigenvalue weighted by molar-refractivity contribution is 5.95. The second-order valence-corrected chi connectivity index (χ2v) is 6.75. The topological polar surface area (TPSA) is 65.4 Å². The van der Waals surface area contributed by atoms with Gasteiger partial charge in [0.05, 0.1) is 11.9 Å². The molecule has 1 atom stereocenters. The van der Waals surface area contributed by atoms with Crippen LogP contribution in [0.4, 0.5) is 5.69 Å². The summed E-state index contributed by atoms with van der Waals surface area (Å²) >= 11 is 0. The number of carbonyl (C=O) groups is 1. The fourth-order valence-electron chi connectivity index (χ4n) is 3.62. The molecule has 1 unspecified atom stereocenters. The third-order valence-electron chi connectivity index (χ3n) is 4.95. The van der Waals surface area contributed by atoms with E-state index in [1.54, 1.807) is 6.07 Å². The van der Waals surface area contributed by atoms with Gasteiger partial charge in [-0.05, 0) is 30.7 Å². The second kappa shape index (κ2) is 6.46. The molecule has 0 spiro atoms. The van der Waals surface area contributed by atoms with E-state index in [4.69, 9.17) is 9.47 Å². The fraction of sp³-hybridized carbons (Fsp3) is 0.238. The SMILES string of the molecule is O=C(Nc1cccc(-c2cnc3n2CCC3)c1)C1COc2ccccc2O1. The number of ether oxygens (including phenoxy) is 2. The van der Waals surface area contributed by atoms with Gasteiger partial charge in [-0.15, -0.1) is 0 Å². The first-order chi connectivity index (χ1) is 13.3. The minimum atomic E-state index is -0.678. The van der Waals surface area contributed by atoms with Crippen molar-refractivity contribution in [3.63, 3.8) is 0 Å². The standard InChI is InChI=1S/C21H19N3O3/c25-21(19-13-26-17-7-1-2-8-18(17)27-19)23-15-6-3-5-14(11-15)16-12-22-20-9-4-10-24(16)20/h1-3,5-8,11-12,19H,4,9-10,13H2,(H,23,25). The van der Waals surface area contributed by atoms with Crippen LogP contribution in [0, 0.1) is 0 Å². The molecule has 0 saturated heterocycles. The highest BCUT2D eigenvalue weighted by Gasteiger charge is 2.27. The van der Waals surface area contributed by atoms with E-state index in [1.165, 1.54) is 0 Å². The molecule has 6 heteroatoms. The molecule has 27 heavy (non-hydrogen) atoms. The Morgan fingerprint density at radius 3 is 2.96 bits per heavy atom. The first-order valence-electron chi connectivity index (χ1n) is 9.12. The average molecular weight is 361 g/mol. The summed E-state index contributed by atoms with van der Waals surface area (Å²) in [5.74, 6) is 2.16. The van der Waals surface area contributed by atoms with Gasteiger partial charge in [-0.1, -0.05) is 24.3 Å². The molecule has 2 aliphatic heterocycles. The number of benzene rings is 2. The Labute approximate surface area is 156 Å². The lowest BCUT2D eigenvalue weighted by molar-refractivity contribution is -0.125. The molecule has 5 rings (SSSR count). The van der Waals surface area contributed by atoms with E-state index in [0.717, 1.165) is 42.2 Å². The van der Waals surface area contributed by atoms with E-state index < -0.39 is 6.10 Å². The van der Waals surface area contributed by atoms with Crippen LogP contribution < -0.4 is 14.8 Å². The molecule has 0 saturated carbocycles. The van der Waals surface area contributed by atoms with Crippen LogP contribution in [0.1, 0.15) is 12.2 Å². The minimum absolute atomic E-state index is 0.193. The Morgan fingerprint density at radius 2 is 2.04 bits per heavy atom. The average Bonchev–Trinajstić information content (AvgIpc) is 3.31. The van der Waals surface area contributed by atoms with Crippen LogP contribution in [0.5, 0.6) is 11.5 Å². The first kappa shape index (κ1) is 15.9. The van der Waals surface area contributed by atoms with Crippen molar-refractivity contribution in [2.24, 2.45) is 0 Å². The van der Waals surface area contributed by atoms with E-state index in [1.807, 2.05) is 48.7 Å². The highest BCUT2D eigenvalue weighted by Crippen LogP contribution is 2.31. The molecule has 0 radical (unpaired) electrons. The molecule has 0 bridgehead atoms. The smallest absolute Gasteiger partial charge is 0.269 e. The van der Waals surface area contributed by atoms with Crippen molar-refractivity contribution in [1.29, 1.82) is 0 Å². The zero-order valence-corrected chi connectivity index (χ0v) is 14.7. The van der Waals surface area contributed by atoms with Gasteiger partial charge in [0.15, 0.2) is 11.5 Å². The van der Waals surface area contributed by atoms with Crippen molar-refractivity contribution in [2.45, 2.75) is 25.5 Å². The van der Waals surface area contributed by atoms with Gasteiger partial charge in [-0.3, -0.25) is 4.79 Å². The van der Waals surface area contributed by atoms with E-state index in [9.17, 15) is 4.79 Å². The van der Waals surface area contributed by atoms with Gasteiger partial charge in [0.2, 0.25) is 6.10 Å². The maximum atomic E-state index is 12.6. The molecule has 1 amide bonds. The number of carbonyl (C=O) groups excluding carboxylic acids is 1. The van der Waals surface area contributed by atoms with Crippen molar-refractivity contribution >= 4 is 11.6 Å². The summed E-state index contributed by atoms with van der Waals surface area (Å²) in [6, 6.07) is 15.2. The number of fused-ring (bicyclic) bond motifs is 2. The van der Waals surface area contributed by atoms with Crippen LogP contribution in [-0.4, -0.2) is 28.2 Å². The lowest BCUT2D eigenvalue weighted by Gasteiger charge is -2.25. The number of anilines is 1. The summed E-state index contributed by atoms with van der Waals surface area (Å²) in [7, 11) is 0. The number of amides is 1. The Morgan fingerprint density at radius 1 is 1.15 bits per heavy atom. The number of para-hydroxylation sites is 2. The van der Waals surface area contributed by atoms with Gasteiger partial charge in [-0.25, -0.2) is 4.98 Å². The third-order valence-corrected chi connectivity index (χ3v) is 4.95. The molecule has 1 aromatic heterocycles. The summed E-state index contributed by atoms with van der Waals surface area (Å²) in [5.41, 5.74) is 2.86. The summed E-state index contributed by atoms with van der Waals surface area (Å²) < 4.78 is 13.7. The lowest BCUT2D eigenvalue weighted by atomic mass is 10.1. The monoisotopic (exact) mass is 361 g/mol. The van der Waals surface area contributed by atoms with Crippen LogP contribution in [-0.2, 0) is 17.8 Å². The zero-order valence-electron chi connectivity index (χ0n) is 14.7. The zero-order chi connectivity index (χ0) is 18.2. The summed E-state index contributed by atoms with van der Waals surface area (Å²) in [5, 5.41) is 2.94. The number of rotatable bonds is 3. The number of nitrogens with zero attached hydrogens (tertiary/aromatic N) is 2. The fourth-order valence-corrected chi connectivity index (χ4v) is 3.62. The molecule has 2 aliphatic rings. The number of imidazole rings is 1. The third kappa shape index (κ3) is 2.93. The number of aromatic nitrogens is 2. The lowest BCUT2D eigenvalue weighted by Crippen LogP contribution is -2.40. The number of hydrogen-bond donors (Lipinski definition) is 1. The van der Waals surface area contributed by atoms with E-state index in [-0.39, 0.29) is 12.5 Å². The van der Waals surface area contributed by atoms with Crippen molar-refractivity contribution in [1.82, 2.24) is 9.55 Å².